The van der Waals surface area contributed by atoms with Crippen molar-refractivity contribution in [1.82, 2.24) is 9.03 Å². The maximum Gasteiger partial charge on any atom is 0.421 e. The van der Waals surface area contributed by atoms with E-state index in [0.717, 1.165) is 4.31 Å². The van der Waals surface area contributed by atoms with Gasteiger partial charge in [0.05, 0.1) is 13.2 Å². The lowest BCUT2D eigenvalue weighted by atomic mass is 10.6. The van der Waals surface area contributed by atoms with Crippen LogP contribution in [0.2, 0.25) is 0 Å². The number of nitrogens with two attached hydrogens (primary N) is 1. The summed E-state index contributed by atoms with van der Waals surface area (Å²) in [4.78, 5) is 10.8. The molecular formula is C6H14N4O4S. The van der Waals surface area contributed by atoms with Crippen molar-refractivity contribution >= 4 is 22.1 Å². The van der Waals surface area contributed by atoms with Crippen LogP contribution in [-0.4, -0.2) is 44.9 Å². The lowest BCUT2D eigenvalue weighted by Gasteiger charge is -2.16. The largest absolute Gasteiger partial charge is 0.449 e. The van der Waals surface area contributed by atoms with Gasteiger partial charge in [0, 0.05) is 7.05 Å². The molecule has 0 saturated carbocycles. The number of hydrogen-bond donors (Lipinski definition) is 3. The Morgan fingerprint density at radius 3 is 2.53 bits per heavy atom. The van der Waals surface area contributed by atoms with Crippen LogP contribution < -0.4 is 10.5 Å². The molecule has 0 aromatic carbocycles. The molecule has 8 nitrogen and oxygen atoms in total. The molecule has 0 heterocycles. The third kappa shape index (κ3) is 5.18. The van der Waals surface area contributed by atoms with Crippen molar-refractivity contribution in [2.24, 2.45) is 5.73 Å². The molecule has 4 N–H and O–H groups in total. The highest BCUT2D eigenvalue weighted by Crippen LogP contribution is 1.93. The Balaban J connectivity index is 4.41. The fraction of sp³-hybridized carbons (Fsp3) is 0.667. The van der Waals surface area contributed by atoms with Crippen molar-refractivity contribution in [3.63, 3.8) is 0 Å². The zero-order chi connectivity index (χ0) is 12.1. The first-order chi connectivity index (χ1) is 6.79. The van der Waals surface area contributed by atoms with E-state index in [-0.39, 0.29) is 19.0 Å². The minimum atomic E-state index is -3.99. The maximum absolute atomic E-state index is 11.3. The Hall–Kier alpha value is -1.35. The van der Waals surface area contributed by atoms with E-state index in [1.807, 2.05) is 0 Å². The van der Waals surface area contributed by atoms with E-state index >= 15 is 0 Å². The van der Waals surface area contributed by atoms with Gasteiger partial charge in [-0.3, -0.25) is 5.41 Å². The summed E-state index contributed by atoms with van der Waals surface area (Å²) in [6.45, 7) is 1.32. The lowest BCUT2D eigenvalue weighted by Crippen LogP contribution is -2.44. The van der Waals surface area contributed by atoms with Crippen molar-refractivity contribution in [2.45, 2.75) is 6.92 Å². The smallest absolute Gasteiger partial charge is 0.421 e. The van der Waals surface area contributed by atoms with Gasteiger partial charge in [0.2, 0.25) is 0 Å². The highest BCUT2D eigenvalue weighted by molar-refractivity contribution is 7.87. The first-order valence-corrected chi connectivity index (χ1v) is 5.47. The first-order valence-electron chi connectivity index (χ1n) is 4.03. The molecule has 0 atom stereocenters. The van der Waals surface area contributed by atoms with Gasteiger partial charge in [-0.2, -0.15) is 12.7 Å². The van der Waals surface area contributed by atoms with Gasteiger partial charge in [0.1, 0.15) is 5.84 Å². The molecule has 0 aromatic heterocycles. The van der Waals surface area contributed by atoms with E-state index in [2.05, 4.69) is 4.74 Å². The maximum atomic E-state index is 11.3. The van der Waals surface area contributed by atoms with Crippen molar-refractivity contribution < 1.29 is 17.9 Å². The molecule has 0 aliphatic rings. The molecule has 88 valence electrons. The topological polar surface area (TPSA) is 126 Å². The summed E-state index contributed by atoms with van der Waals surface area (Å²) in [6, 6.07) is 0. The van der Waals surface area contributed by atoms with E-state index in [9.17, 15) is 13.2 Å². The normalized spacial score (nSPS) is 11.1. The van der Waals surface area contributed by atoms with E-state index < -0.39 is 16.3 Å². The van der Waals surface area contributed by atoms with Crippen molar-refractivity contribution in [3.05, 3.63) is 0 Å². The number of ether oxygens (including phenoxy) is 1. The number of amidine groups is 1. The summed E-state index contributed by atoms with van der Waals surface area (Å²) in [6.07, 6.45) is -1.06. The molecule has 0 aromatic rings. The van der Waals surface area contributed by atoms with Gasteiger partial charge in [-0.05, 0) is 6.92 Å². The molecule has 0 spiro atoms. The number of nitrogens with one attached hydrogen (secondary N) is 2. The van der Waals surface area contributed by atoms with E-state index in [0.29, 0.717) is 0 Å². The molecule has 0 aliphatic heterocycles. The molecule has 0 radical (unpaired) electrons. The minimum absolute atomic E-state index is 0.0672. The Morgan fingerprint density at radius 2 is 2.13 bits per heavy atom. The minimum Gasteiger partial charge on any atom is -0.449 e. The van der Waals surface area contributed by atoms with Crippen LogP contribution in [0, 0.1) is 5.41 Å². The fourth-order valence-electron chi connectivity index (χ4n) is 0.669. The molecule has 9 heteroatoms. The number of likely N-dealkylation sites (N-methyl/N-ethyl adjacent to an activating group) is 1. The van der Waals surface area contributed by atoms with Crippen LogP contribution in [0.4, 0.5) is 4.79 Å². The lowest BCUT2D eigenvalue weighted by molar-refractivity contribution is 0.158. The number of carbonyl (C=O) groups is 1. The summed E-state index contributed by atoms with van der Waals surface area (Å²) < 4.78 is 29.4. The highest BCUT2D eigenvalue weighted by atomic mass is 32.2. The van der Waals surface area contributed by atoms with Gasteiger partial charge in [-0.25, -0.2) is 9.52 Å². The quantitative estimate of drug-likeness (QED) is 0.411. The van der Waals surface area contributed by atoms with Crippen LogP contribution in [0.25, 0.3) is 0 Å². The van der Waals surface area contributed by atoms with Gasteiger partial charge in [0.25, 0.3) is 0 Å². The monoisotopic (exact) mass is 238 g/mol. The van der Waals surface area contributed by atoms with Crippen LogP contribution in [0.1, 0.15) is 6.92 Å². The Labute approximate surface area is 88.1 Å². The number of hydrogen-bond acceptors (Lipinski definition) is 5. The summed E-state index contributed by atoms with van der Waals surface area (Å²) >= 11 is 0. The van der Waals surface area contributed by atoms with Gasteiger partial charge >= 0.3 is 16.3 Å². The van der Waals surface area contributed by atoms with Gasteiger partial charge in [0.15, 0.2) is 0 Å². The molecule has 0 bridgehead atoms. The predicted octanol–water partition coefficient (Wildman–Crippen LogP) is -1.15. The van der Waals surface area contributed by atoms with Crippen molar-refractivity contribution in [3.8, 4) is 0 Å². The number of carbonyl (C=O) groups excluding carboxylic acids is 1. The summed E-state index contributed by atoms with van der Waals surface area (Å²) in [5.74, 6) is -0.327. The highest BCUT2D eigenvalue weighted by Gasteiger charge is 2.21. The Bertz CT molecular complexity index is 339. The second-order valence-electron chi connectivity index (χ2n) is 2.61. The van der Waals surface area contributed by atoms with Crippen molar-refractivity contribution in [2.75, 3.05) is 20.2 Å². The SMILES string of the molecule is CCOC(=O)NS(=O)(=O)N(C)CC(=N)N. The average molecular weight is 238 g/mol. The molecule has 0 saturated heterocycles. The van der Waals surface area contributed by atoms with Crippen LogP contribution >= 0.6 is 0 Å². The molecule has 0 rings (SSSR count). The Kier molecular flexibility index (Phi) is 5.02. The fourth-order valence-corrected chi connectivity index (χ4v) is 1.40. The predicted molar refractivity (Wildman–Crippen MR) is 53.6 cm³/mol. The molecule has 0 fully saturated rings. The third-order valence-electron chi connectivity index (χ3n) is 1.29. The number of nitrogens with zero attached hydrogens (tertiary/aromatic N) is 1. The van der Waals surface area contributed by atoms with Crippen molar-refractivity contribution in [1.29, 1.82) is 5.41 Å². The van der Waals surface area contributed by atoms with E-state index in [1.54, 1.807) is 11.6 Å². The third-order valence-corrected chi connectivity index (χ3v) is 2.67. The molecule has 0 aliphatic carbocycles. The van der Waals surface area contributed by atoms with Gasteiger partial charge in [-0.15, -0.1) is 0 Å². The van der Waals surface area contributed by atoms with E-state index in [4.69, 9.17) is 11.1 Å². The standard InChI is InChI=1S/C6H14N4O4S/c1-3-14-6(11)9-15(12,13)10(2)4-5(7)8/h3-4H2,1-2H3,(H3,7,8)(H,9,11). The zero-order valence-electron chi connectivity index (χ0n) is 8.48. The first kappa shape index (κ1) is 13.7. The van der Waals surface area contributed by atoms with Crippen LogP contribution in [0.15, 0.2) is 0 Å². The van der Waals surface area contributed by atoms with E-state index in [1.165, 1.54) is 7.05 Å². The average Bonchev–Trinajstić information content (AvgIpc) is 2.01. The van der Waals surface area contributed by atoms with Crippen LogP contribution in [-0.2, 0) is 14.9 Å². The van der Waals surface area contributed by atoms with Crippen LogP contribution in [0.3, 0.4) is 0 Å². The number of amides is 1. The number of rotatable bonds is 5. The van der Waals surface area contributed by atoms with Crippen LogP contribution in [0.5, 0.6) is 0 Å². The summed E-state index contributed by atoms with van der Waals surface area (Å²) in [7, 11) is -2.81. The van der Waals surface area contributed by atoms with Gasteiger partial charge in [-0.1, -0.05) is 0 Å². The Morgan fingerprint density at radius 1 is 1.60 bits per heavy atom. The summed E-state index contributed by atoms with van der Waals surface area (Å²) in [5.41, 5.74) is 5.01. The second kappa shape index (κ2) is 5.51. The molecule has 0 unspecified atom stereocenters. The summed E-state index contributed by atoms with van der Waals surface area (Å²) in [5, 5.41) is 6.90. The van der Waals surface area contributed by atoms with Gasteiger partial charge < -0.3 is 10.5 Å². The molecule has 1 amide bonds. The molecular weight excluding hydrogens is 224 g/mol. The second-order valence-corrected chi connectivity index (χ2v) is 4.39. The zero-order valence-corrected chi connectivity index (χ0v) is 9.30. The molecule has 15 heavy (non-hydrogen) atoms.